The molecule has 134 valence electrons. The van der Waals surface area contributed by atoms with Crippen molar-refractivity contribution in [3.8, 4) is 11.4 Å². The summed E-state index contributed by atoms with van der Waals surface area (Å²) in [4.78, 5) is 21.7. The number of halogens is 1. The Morgan fingerprint density at radius 3 is 2.67 bits per heavy atom. The van der Waals surface area contributed by atoms with Crippen LogP contribution >= 0.6 is 0 Å². The molecule has 4 rings (SSSR count). The molecule has 0 amide bonds. The number of fused-ring (bicyclic) bond motifs is 1. The van der Waals surface area contributed by atoms with Gasteiger partial charge in [-0.25, -0.2) is 13.9 Å². The highest BCUT2D eigenvalue weighted by molar-refractivity contribution is 5.80. The molecule has 0 saturated heterocycles. The zero-order valence-electron chi connectivity index (χ0n) is 14.4. The minimum absolute atomic E-state index is 0.202. The molecular weight excluding hydrogens is 347 g/mol. The molecule has 0 bridgehead atoms. The lowest BCUT2D eigenvalue weighted by atomic mass is 10.2. The van der Waals surface area contributed by atoms with E-state index in [2.05, 4.69) is 15.3 Å². The van der Waals surface area contributed by atoms with E-state index < -0.39 is 5.82 Å². The van der Waals surface area contributed by atoms with Crippen LogP contribution in [0.15, 0.2) is 71.8 Å². The van der Waals surface area contributed by atoms with Gasteiger partial charge in [0.2, 0.25) is 5.95 Å². The Kier molecular flexibility index (Phi) is 4.25. The summed E-state index contributed by atoms with van der Waals surface area (Å²) in [5, 5.41) is 3.31. The van der Waals surface area contributed by atoms with Crippen LogP contribution in [0.3, 0.4) is 0 Å². The van der Waals surface area contributed by atoms with E-state index in [9.17, 15) is 9.18 Å². The van der Waals surface area contributed by atoms with E-state index in [1.807, 2.05) is 18.2 Å². The number of nitrogens with one attached hydrogen (secondary N) is 1. The van der Waals surface area contributed by atoms with Crippen LogP contribution in [0.2, 0.25) is 0 Å². The Balaban J connectivity index is 1.95. The number of para-hydroxylation sites is 1. The van der Waals surface area contributed by atoms with Gasteiger partial charge in [0.1, 0.15) is 11.6 Å². The standard InChI is InChI=1S/C20H15FN4O2/c1-27-16-10-14(11-22-12-16)23-20-24-18-8-7-13(21)9-17(18)19(26)25(20)15-5-3-2-4-6-15/h2-12H,1H3,(H,23,24). The van der Waals surface area contributed by atoms with E-state index in [1.54, 1.807) is 37.7 Å². The van der Waals surface area contributed by atoms with Crippen molar-refractivity contribution in [1.29, 1.82) is 0 Å². The maximum Gasteiger partial charge on any atom is 0.267 e. The van der Waals surface area contributed by atoms with Crippen LogP contribution in [-0.4, -0.2) is 21.6 Å². The van der Waals surface area contributed by atoms with E-state index in [0.717, 1.165) is 0 Å². The first-order valence-electron chi connectivity index (χ1n) is 8.19. The molecule has 0 atom stereocenters. The van der Waals surface area contributed by atoms with Gasteiger partial charge in [-0.05, 0) is 30.3 Å². The molecule has 0 saturated carbocycles. The first-order valence-corrected chi connectivity index (χ1v) is 8.19. The quantitative estimate of drug-likeness (QED) is 0.600. The number of hydrogen-bond donors (Lipinski definition) is 1. The van der Waals surface area contributed by atoms with Gasteiger partial charge in [-0.2, -0.15) is 0 Å². The summed E-state index contributed by atoms with van der Waals surface area (Å²) in [6.45, 7) is 0. The molecule has 0 spiro atoms. The number of rotatable bonds is 4. The SMILES string of the molecule is COc1cncc(Nc2nc3ccc(F)cc3c(=O)n2-c2ccccc2)c1. The second kappa shape index (κ2) is 6.87. The van der Waals surface area contributed by atoms with Crippen LogP contribution in [0.5, 0.6) is 5.75 Å². The summed E-state index contributed by atoms with van der Waals surface area (Å²) in [7, 11) is 1.55. The summed E-state index contributed by atoms with van der Waals surface area (Å²) in [6, 6.07) is 14.7. The number of anilines is 2. The molecular formula is C20H15FN4O2. The number of benzene rings is 2. The fourth-order valence-corrected chi connectivity index (χ4v) is 2.79. The first-order chi connectivity index (χ1) is 13.2. The second-order valence-corrected chi connectivity index (χ2v) is 5.81. The van der Waals surface area contributed by atoms with Gasteiger partial charge < -0.3 is 10.1 Å². The number of ether oxygens (including phenoxy) is 1. The third kappa shape index (κ3) is 3.22. The molecule has 4 aromatic rings. The maximum absolute atomic E-state index is 13.7. The van der Waals surface area contributed by atoms with E-state index in [1.165, 1.54) is 22.8 Å². The van der Waals surface area contributed by atoms with E-state index in [-0.39, 0.29) is 10.9 Å². The van der Waals surface area contributed by atoms with Gasteiger partial charge in [0, 0.05) is 6.07 Å². The largest absolute Gasteiger partial charge is 0.495 e. The molecule has 0 radical (unpaired) electrons. The Bertz CT molecular complexity index is 1180. The Morgan fingerprint density at radius 1 is 1.07 bits per heavy atom. The maximum atomic E-state index is 13.7. The van der Waals surface area contributed by atoms with Gasteiger partial charge in [-0.1, -0.05) is 18.2 Å². The van der Waals surface area contributed by atoms with Gasteiger partial charge in [0.25, 0.3) is 5.56 Å². The van der Waals surface area contributed by atoms with E-state index in [0.29, 0.717) is 28.6 Å². The van der Waals surface area contributed by atoms with E-state index in [4.69, 9.17) is 4.74 Å². The monoisotopic (exact) mass is 362 g/mol. The third-order valence-corrected chi connectivity index (χ3v) is 4.05. The molecule has 6 nitrogen and oxygen atoms in total. The lowest BCUT2D eigenvalue weighted by molar-refractivity contribution is 0.413. The molecule has 2 aromatic carbocycles. The molecule has 0 aliphatic heterocycles. The highest BCUT2D eigenvalue weighted by Crippen LogP contribution is 2.22. The molecule has 0 aliphatic carbocycles. The third-order valence-electron chi connectivity index (χ3n) is 4.05. The number of pyridine rings is 1. The van der Waals surface area contributed by atoms with Crippen molar-refractivity contribution in [1.82, 2.24) is 14.5 Å². The Labute approximate surface area is 153 Å². The van der Waals surface area contributed by atoms with Crippen molar-refractivity contribution in [3.63, 3.8) is 0 Å². The van der Waals surface area contributed by atoms with Crippen LogP contribution in [-0.2, 0) is 0 Å². The summed E-state index contributed by atoms with van der Waals surface area (Å²) in [6.07, 6.45) is 3.17. The van der Waals surface area contributed by atoms with Crippen LogP contribution < -0.4 is 15.6 Å². The lowest BCUT2D eigenvalue weighted by Crippen LogP contribution is -2.23. The summed E-state index contributed by atoms with van der Waals surface area (Å²) in [5.74, 6) is 0.371. The predicted molar refractivity (Wildman–Crippen MR) is 101 cm³/mol. The van der Waals surface area contributed by atoms with Crippen LogP contribution in [0.4, 0.5) is 16.0 Å². The molecule has 1 N–H and O–H groups in total. The minimum atomic E-state index is -0.487. The molecule has 7 heteroatoms. The van der Waals surface area contributed by atoms with Crippen molar-refractivity contribution in [2.45, 2.75) is 0 Å². The number of aromatic nitrogens is 3. The van der Waals surface area contributed by atoms with Crippen LogP contribution in [0.25, 0.3) is 16.6 Å². The second-order valence-electron chi connectivity index (χ2n) is 5.81. The predicted octanol–water partition coefficient (Wildman–Crippen LogP) is 3.67. The summed E-state index contributed by atoms with van der Waals surface area (Å²) < 4.78 is 20.3. The number of nitrogens with zero attached hydrogens (tertiary/aromatic N) is 3. The van der Waals surface area contributed by atoms with Crippen molar-refractivity contribution in [3.05, 3.63) is 83.2 Å². The van der Waals surface area contributed by atoms with Crippen molar-refractivity contribution >= 4 is 22.5 Å². The van der Waals surface area contributed by atoms with Gasteiger partial charge in [0.05, 0.1) is 41.8 Å². The van der Waals surface area contributed by atoms with Crippen molar-refractivity contribution < 1.29 is 9.13 Å². The van der Waals surface area contributed by atoms with Gasteiger partial charge >= 0.3 is 0 Å². The Morgan fingerprint density at radius 2 is 1.89 bits per heavy atom. The first kappa shape index (κ1) is 16.7. The number of hydrogen-bond acceptors (Lipinski definition) is 5. The molecule has 0 aliphatic rings. The number of methoxy groups -OCH3 is 1. The molecule has 2 heterocycles. The fraction of sp³-hybridized carbons (Fsp3) is 0.0500. The fourth-order valence-electron chi connectivity index (χ4n) is 2.79. The normalized spacial score (nSPS) is 10.7. The van der Waals surface area contributed by atoms with Crippen LogP contribution in [0, 0.1) is 5.82 Å². The van der Waals surface area contributed by atoms with E-state index >= 15 is 0 Å². The zero-order chi connectivity index (χ0) is 18.8. The smallest absolute Gasteiger partial charge is 0.267 e. The van der Waals surface area contributed by atoms with Crippen molar-refractivity contribution in [2.75, 3.05) is 12.4 Å². The summed E-state index contributed by atoms with van der Waals surface area (Å²) >= 11 is 0. The van der Waals surface area contributed by atoms with Gasteiger partial charge in [0.15, 0.2) is 0 Å². The molecule has 27 heavy (non-hydrogen) atoms. The molecule has 0 fully saturated rings. The molecule has 2 aromatic heterocycles. The Hall–Kier alpha value is -3.74. The minimum Gasteiger partial charge on any atom is -0.495 e. The topological polar surface area (TPSA) is 69.0 Å². The lowest BCUT2D eigenvalue weighted by Gasteiger charge is -2.15. The van der Waals surface area contributed by atoms with Gasteiger partial charge in [-0.3, -0.25) is 9.78 Å². The van der Waals surface area contributed by atoms with Crippen LogP contribution in [0.1, 0.15) is 0 Å². The molecule has 0 unspecified atom stereocenters. The van der Waals surface area contributed by atoms with Crippen molar-refractivity contribution in [2.24, 2.45) is 0 Å². The average Bonchev–Trinajstić information content (AvgIpc) is 2.70. The summed E-state index contributed by atoms with van der Waals surface area (Å²) in [5.41, 5.74) is 1.24. The average molecular weight is 362 g/mol. The highest BCUT2D eigenvalue weighted by atomic mass is 19.1. The zero-order valence-corrected chi connectivity index (χ0v) is 14.4. The van der Waals surface area contributed by atoms with Gasteiger partial charge in [-0.15, -0.1) is 0 Å². The highest BCUT2D eigenvalue weighted by Gasteiger charge is 2.14.